The van der Waals surface area contributed by atoms with Crippen LogP contribution >= 0.6 is 0 Å². The highest BCUT2D eigenvalue weighted by Crippen LogP contribution is 2.27. The highest BCUT2D eigenvalue weighted by atomic mass is 14.1. The Morgan fingerprint density at radius 1 is 0.237 bits per heavy atom. The van der Waals surface area contributed by atoms with Gasteiger partial charge in [0.2, 0.25) is 0 Å². The van der Waals surface area contributed by atoms with E-state index >= 15 is 0 Å². The molecule has 0 aromatic heterocycles. The molecule has 38 heavy (non-hydrogen) atoms. The number of fused-ring (bicyclic) bond motifs is 18. The Morgan fingerprint density at radius 3 is 0.658 bits per heavy atom. The van der Waals surface area contributed by atoms with Gasteiger partial charge < -0.3 is 0 Å². The van der Waals surface area contributed by atoms with Crippen molar-refractivity contribution in [1.29, 1.82) is 0 Å². The fourth-order valence-corrected chi connectivity index (χ4v) is 5.75. The average molecular weight is 485 g/mol. The van der Waals surface area contributed by atoms with Crippen LogP contribution in [0.25, 0.3) is 64.6 Å². The molecule has 0 heterocycles. The summed E-state index contributed by atoms with van der Waals surface area (Å²) in [7, 11) is 0. The average Bonchev–Trinajstić information content (AvgIpc) is 2.96. The summed E-state index contributed by atoms with van der Waals surface area (Å²) in [4.78, 5) is 0. The van der Waals surface area contributed by atoms with Crippen molar-refractivity contribution in [2.75, 3.05) is 0 Å². The lowest BCUT2D eigenvalue weighted by molar-refractivity contribution is 1.52. The van der Waals surface area contributed by atoms with E-state index < -0.39 is 0 Å². The van der Waals surface area contributed by atoms with Crippen LogP contribution in [0.4, 0.5) is 0 Å². The molecule has 0 unspecified atom stereocenters. The van der Waals surface area contributed by atoms with Gasteiger partial charge in [-0.1, -0.05) is 97.1 Å². The SMILES string of the molecule is Cc1cc2cc(c1)c1cccc(c1)c1cccc(c1)c1cc(C)cc(c1)c1cccc(c1)c1cccc2c1. The van der Waals surface area contributed by atoms with Crippen LogP contribution in [0.2, 0.25) is 0 Å². The van der Waals surface area contributed by atoms with E-state index in [2.05, 4.69) is 147 Å². The molecule has 0 aliphatic heterocycles. The molecule has 0 aliphatic carbocycles. The number of hydrogen-bond acceptors (Lipinski definition) is 0. The molecule has 12 bridgehead atoms. The van der Waals surface area contributed by atoms with Gasteiger partial charge in [-0.3, -0.25) is 0 Å². The zero-order chi connectivity index (χ0) is 25.6. The smallest absolute Gasteiger partial charge is 0.0175 e. The van der Waals surface area contributed by atoms with Crippen molar-refractivity contribution in [2.24, 2.45) is 0 Å². The Morgan fingerprint density at radius 2 is 0.421 bits per heavy atom. The van der Waals surface area contributed by atoms with E-state index in [0.717, 1.165) is 0 Å². The molecule has 0 spiro atoms. The quantitative estimate of drug-likeness (QED) is 0.201. The van der Waals surface area contributed by atoms with Gasteiger partial charge in [0.25, 0.3) is 0 Å². The summed E-state index contributed by atoms with van der Waals surface area (Å²) in [5, 5.41) is 14.9. The highest BCUT2D eigenvalue weighted by molar-refractivity contribution is 6.01. The zero-order valence-corrected chi connectivity index (χ0v) is 21.7. The van der Waals surface area contributed by atoms with Gasteiger partial charge in [-0.25, -0.2) is 0 Å². The number of benzene rings is 6. The van der Waals surface area contributed by atoms with Gasteiger partial charge in [-0.2, -0.15) is 0 Å². The molecular formula is C38H28. The second kappa shape index (κ2) is 9.01. The molecule has 0 nitrogen and oxygen atoms in total. The van der Waals surface area contributed by atoms with Gasteiger partial charge >= 0.3 is 0 Å². The Balaban J connectivity index is 1.74. The van der Waals surface area contributed by atoms with Gasteiger partial charge in [0.1, 0.15) is 0 Å². The lowest BCUT2D eigenvalue weighted by Crippen LogP contribution is -1.79. The van der Waals surface area contributed by atoms with Crippen molar-refractivity contribution in [3.63, 3.8) is 0 Å². The molecule has 0 aliphatic rings. The standard InChI is InChI=1S/C38H28/c1-25-15-35-23-36(16-25)32-12-4-8-28(20-32)30-10-6-14-34(22-30)38-18-26(2)17-37(24-38)33-13-5-9-29(21-33)27-7-3-11-31(35)19-27/h3-24H,1-2H3. The van der Waals surface area contributed by atoms with Crippen LogP contribution in [0.5, 0.6) is 0 Å². The third kappa shape index (κ3) is 4.15. The molecule has 0 heteroatoms. The van der Waals surface area contributed by atoms with E-state index in [1.54, 1.807) is 0 Å². The third-order valence-electron chi connectivity index (χ3n) is 7.60. The van der Waals surface area contributed by atoms with E-state index in [1.807, 2.05) is 0 Å². The lowest BCUT2D eigenvalue weighted by Gasteiger charge is -2.04. The van der Waals surface area contributed by atoms with E-state index in [1.165, 1.54) is 75.8 Å². The molecule has 0 amide bonds. The third-order valence-corrected chi connectivity index (χ3v) is 7.60. The fourth-order valence-electron chi connectivity index (χ4n) is 5.75. The van der Waals surface area contributed by atoms with Crippen LogP contribution in [-0.2, 0) is 0 Å². The van der Waals surface area contributed by atoms with Crippen molar-refractivity contribution >= 4 is 64.6 Å². The molecule has 180 valence electrons. The van der Waals surface area contributed by atoms with Crippen LogP contribution < -0.4 is 0 Å². The van der Waals surface area contributed by atoms with Gasteiger partial charge in [0.15, 0.2) is 0 Å². The summed E-state index contributed by atoms with van der Waals surface area (Å²) in [5.74, 6) is 0. The maximum absolute atomic E-state index is 2.33. The molecule has 0 saturated carbocycles. The molecule has 7 rings (SSSR count). The molecule has 7 aromatic carbocycles. The Hall–Kier alpha value is -4.68. The Labute approximate surface area is 222 Å². The lowest BCUT2D eigenvalue weighted by atomic mass is 10.0. The number of aryl methyl sites for hydroxylation is 2. The Kier molecular flexibility index (Phi) is 5.34. The van der Waals surface area contributed by atoms with Crippen LogP contribution in [0.1, 0.15) is 11.1 Å². The van der Waals surface area contributed by atoms with E-state index in [0.29, 0.717) is 0 Å². The van der Waals surface area contributed by atoms with Gasteiger partial charge in [0.05, 0.1) is 0 Å². The van der Waals surface area contributed by atoms with Crippen LogP contribution in [0.3, 0.4) is 0 Å². The summed E-state index contributed by atoms with van der Waals surface area (Å²) in [6.07, 6.45) is 0. The maximum Gasteiger partial charge on any atom is -0.0175 e. The highest BCUT2D eigenvalue weighted by Gasteiger charge is 2.01. The van der Waals surface area contributed by atoms with Gasteiger partial charge in [0, 0.05) is 0 Å². The second-order valence-corrected chi connectivity index (χ2v) is 10.5. The maximum atomic E-state index is 2.33. The first-order valence-corrected chi connectivity index (χ1v) is 13.2. The van der Waals surface area contributed by atoms with Crippen LogP contribution in [-0.4, -0.2) is 0 Å². The zero-order valence-electron chi connectivity index (χ0n) is 21.7. The fraction of sp³-hybridized carbons (Fsp3) is 0.0526. The normalized spacial score (nSPS) is 11.4. The summed E-state index contributed by atoms with van der Waals surface area (Å²) in [5.41, 5.74) is 2.53. The first kappa shape index (κ1) is 22.5. The van der Waals surface area contributed by atoms with Crippen molar-refractivity contribution < 1.29 is 0 Å². The monoisotopic (exact) mass is 484 g/mol. The van der Waals surface area contributed by atoms with Crippen LogP contribution in [0, 0.1) is 13.8 Å². The predicted molar refractivity (Wildman–Crippen MR) is 167 cm³/mol. The summed E-state index contributed by atoms with van der Waals surface area (Å²) in [6, 6.07) is 49.6. The second-order valence-electron chi connectivity index (χ2n) is 10.5. The van der Waals surface area contributed by atoms with Crippen molar-refractivity contribution in [2.45, 2.75) is 13.8 Å². The summed E-state index contributed by atoms with van der Waals surface area (Å²) >= 11 is 0. The molecule has 0 saturated heterocycles. The first-order chi connectivity index (χ1) is 18.6. The largest absolute Gasteiger partial charge is 0.0610 e. The summed E-state index contributed by atoms with van der Waals surface area (Å²) in [6.45, 7) is 4.38. The van der Waals surface area contributed by atoms with E-state index in [-0.39, 0.29) is 0 Å². The predicted octanol–water partition coefficient (Wildman–Crippen LogP) is 10.9. The van der Waals surface area contributed by atoms with Gasteiger partial charge in [-0.05, 0) is 126 Å². The van der Waals surface area contributed by atoms with Crippen LogP contribution in [0.15, 0.2) is 133 Å². The number of rotatable bonds is 0. The summed E-state index contributed by atoms with van der Waals surface area (Å²) < 4.78 is 0. The minimum atomic E-state index is 1.23. The van der Waals surface area contributed by atoms with E-state index in [4.69, 9.17) is 0 Å². The topological polar surface area (TPSA) is 0 Å². The molecular weight excluding hydrogens is 456 g/mol. The Bertz CT molecular complexity index is 1840. The van der Waals surface area contributed by atoms with Crippen molar-refractivity contribution in [3.8, 4) is 0 Å². The minimum Gasteiger partial charge on any atom is -0.0610 e. The molecule has 0 atom stereocenters. The molecule has 0 fully saturated rings. The van der Waals surface area contributed by atoms with Crippen molar-refractivity contribution in [1.82, 2.24) is 0 Å². The molecule has 0 N–H and O–H groups in total. The number of hydrogen-bond donors (Lipinski definition) is 0. The molecule has 0 radical (unpaired) electrons. The van der Waals surface area contributed by atoms with Crippen molar-refractivity contribution in [3.05, 3.63) is 145 Å². The minimum absolute atomic E-state index is 1.23. The van der Waals surface area contributed by atoms with E-state index in [9.17, 15) is 0 Å². The molecule has 7 aromatic rings. The first-order valence-electron chi connectivity index (χ1n) is 13.2. The van der Waals surface area contributed by atoms with Gasteiger partial charge in [-0.15, -0.1) is 0 Å².